The third-order valence-corrected chi connectivity index (χ3v) is 9.97. The first-order valence-corrected chi connectivity index (χ1v) is 17.6. The Bertz CT molecular complexity index is 2230. The van der Waals surface area contributed by atoms with E-state index in [9.17, 15) is 19.2 Å². The van der Waals surface area contributed by atoms with Crippen molar-refractivity contribution in [1.29, 1.82) is 0 Å². The maximum Gasteiger partial charge on any atom is 0.293 e. The molecular formula is C36H42ClN11O5. The van der Waals surface area contributed by atoms with Gasteiger partial charge in [-0.15, -0.1) is 0 Å². The van der Waals surface area contributed by atoms with Crippen LogP contribution in [0.3, 0.4) is 0 Å². The summed E-state index contributed by atoms with van der Waals surface area (Å²) < 4.78 is 8.71. The van der Waals surface area contributed by atoms with E-state index < -0.39 is 5.92 Å². The van der Waals surface area contributed by atoms with Gasteiger partial charge in [0.25, 0.3) is 11.5 Å². The smallest absolute Gasteiger partial charge is 0.293 e. The molecule has 1 unspecified atom stereocenters. The van der Waals surface area contributed by atoms with E-state index in [-0.39, 0.29) is 42.2 Å². The highest BCUT2D eigenvalue weighted by Gasteiger charge is 2.27. The molecule has 2 amide bonds. The number of anilines is 4. The van der Waals surface area contributed by atoms with Crippen LogP contribution in [0.5, 0.6) is 5.75 Å². The Morgan fingerprint density at radius 1 is 1.06 bits per heavy atom. The Balaban J connectivity index is 1.13. The summed E-state index contributed by atoms with van der Waals surface area (Å²) in [5.74, 6) is 0.0332. The normalized spacial score (nSPS) is 13.9. The molecule has 1 saturated heterocycles. The van der Waals surface area contributed by atoms with Crippen molar-refractivity contribution < 1.29 is 19.1 Å². The predicted molar refractivity (Wildman–Crippen MR) is 203 cm³/mol. The van der Waals surface area contributed by atoms with Crippen molar-refractivity contribution in [3.05, 3.63) is 63.8 Å². The summed E-state index contributed by atoms with van der Waals surface area (Å²) >= 11 is 6.55. The Hall–Kier alpha value is -5.77. The number of nitrogens with zero attached hydrogens (tertiary/aromatic N) is 8. The van der Waals surface area contributed by atoms with Crippen LogP contribution in [0.15, 0.2) is 47.5 Å². The minimum absolute atomic E-state index is 0.0670. The van der Waals surface area contributed by atoms with E-state index in [0.717, 1.165) is 48.8 Å². The Kier molecular flexibility index (Phi) is 11.1. The van der Waals surface area contributed by atoms with Crippen LogP contribution >= 0.6 is 11.6 Å². The third kappa shape index (κ3) is 7.87. The number of amides is 2. The van der Waals surface area contributed by atoms with Gasteiger partial charge in [-0.05, 0) is 49.6 Å². The van der Waals surface area contributed by atoms with E-state index in [1.165, 1.54) is 11.6 Å². The fraction of sp³-hybridized carbons (Fsp3) is 0.389. The van der Waals surface area contributed by atoms with Gasteiger partial charge in [-0.1, -0.05) is 11.6 Å². The van der Waals surface area contributed by atoms with Crippen LogP contribution in [0.4, 0.5) is 23.1 Å². The number of pyridine rings is 2. The summed E-state index contributed by atoms with van der Waals surface area (Å²) in [7, 11) is 8.53. The second-order valence-corrected chi connectivity index (χ2v) is 13.4. The average Bonchev–Trinajstić information content (AvgIpc) is 3.51. The first-order chi connectivity index (χ1) is 25.5. The van der Waals surface area contributed by atoms with E-state index in [1.807, 2.05) is 38.5 Å². The second kappa shape index (κ2) is 15.9. The zero-order valence-electron chi connectivity index (χ0n) is 30.2. The summed E-state index contributed by atoms with van der Waals surface area (Å²) in [5.41, 5.74) is 4.06. The lowest BCUT2D eigenvalue weighted by atomic mass is 9.99. The van der Waals surface area contributed by atoms with Crippen LogP contribution < -0.4 is 36.0 Å². The number of fused-ring (bicyclic) bond motifs is 2. The highest BCUT2D eigenvalue weighted by atomic mass is 35.5. The molecule has 1 aliphatic rings. The van der Waals surface area contributed by atoms with Crippen molar-refractivity contribution >= 4 is 74.8 Å². The van der Waals surface area contributed by atoms with E-state index in [1.54, 1.807) is 31.0 Å². The maximum atomic E-state index is 12.8. The number of halogens is 1. The zero-order chi connectivity index (χ0) is 37.8. The van der Waals surface area contributed by atoms with Gasteiger partial charge >= 0.3 is 0 Å². The molecule has 278 valence electrons. The van der Waals surface area contributed by atoms with E-state index in [4.69, 9.17) is 26.3 Å². The molecule has 5 heterocycles. The van der Waals surface area contributed by atoms with Gasteiger partial charge in [0.15, 0.2) is 18.2 Å². The molecule has 0 radical (unpaired) electrons. The quantitative estimate of drug-likeness (QED) is 0.150. The molecule has 1 fully saturated rings. The molecule has 1 aliphatic heterocycles. The highest BCUT2D eigenvalue weighted by Crippen LogP contribution is 2.32. The summed E-state index contributed by atoms with van der Waals surface area (Å²) in [6, 6.07) is 9.33. The summed E-state index contributed by atoms with van der Waals surface area (Å²) in [4.78, 5) is 66.6. The van der Waals surface area contributed by atoms with Crippen LogP contribution in [0.25, 0.3) is 21.9 Å². The number of aldehydes is 1. The Labute approximate surface area is 310 Å². The van der Waals surface area contributed by atoms with Crippen molar-refractivity contribution in [1.82, 2.24) is 39.9 Å². The molecule has 1 atom stereocenters. The number of carbonyl (C=O) groups is 3. The number of aryl methyl sites for hydroxylation is 2. The molecule has 4 aromatic heterocycles. The predicted octanol–water partition coefficient (Wildman–Crippen LogP) is 3.05. The minimum atomic E-state index is -0.522. The molecule has 5 aromatic rings. The number of ether oxygens (including phenoxy) is 1. The van der Waals surface area contributed by atoms with Gasteiger partial charge in [0.1, 0.15) is 16.8 Å². The number of hydrogen-bond acceptors (Lipinski definition) is 12. The fourth-order valence-electron chi connectivity index (χ4n) is 6.53. The molecular weight excluding hydrogens is 702 g/mol. The lowest BCUT2D eigenvalue weighted by Crippen LogP contribution is -2.44. The summed E-state index contributed by atoms with van der Waals surface area (Å²) in [6.45, 7) is 1.29. The molecule has 3 N–H and O–H groups in total. The van der Waals surface area contributed by atoms with Crippen LogP contribution in [-0.2, 0) is 28.5 Å². The summed E-state index contributed by atoms with van der Waals surface area (Å²) in [5, 5.41) is 14.0. The number of aromatic nitrogens is 6. The largest absolute Gasteiger partial charge is 0.478 e. The molecule has 53 heavy (non-hydrogen) atoms. The third-order valence-electron chi connectivity index (χ3n) is 9.69. The topological polar surface area (TPSA) is 182 Å². The number of likely N-dealkylation sites (N-methyl/N-ethyl adjacent to an activating group) is 1. The van der Waals surface area contributed by atoms with Gasteiger partial charge in [0.05, 0.1) is 40.7 Å². The number of hydrogen-bond donors (Lipinski definition) is 3. The van der Waals surface area contributed by atoms with Crippen molar-refractivity contribution in [2.45, 2.75) is 37.6 Å². The summed E-state index contributed by atoms with van der Waals surface area (Å²) in [6.07, 6.45) is 6.52. The SMILES string of the molecule is CNC(=O)CCC(C=O)c1nn(C)c2cc(N3CCC(N(C)c4ncc(Cl)c(Nc5ccc6c(c5)cc(OCC(=O)NC)c(=O)n6C)n4)CC3)cnc12. The molecule has 0 saturated carbocycles. The number of benzene rings is 1. The minimum Gasteiger partial charge on any atom is -0.478 e. The molecule has 17 heteroatoms. The second-order valence-electron chi connectivity index (χ2n) is 13.0. The van der Waals surface area contributed by atoms with E-state index >= 15 is 0 Å². The first kappa shape index (κ1) is 37.0. The zero-order valence-corrected chi connectivity index (χ0v) is 31.0. The van der Waals surface area contributed by atoms with Gasteiger partial charge in [0.2, 0.25) is 11.9 Å². The van der Waals surface area contributed by atoms with E-state index in [2.05, 4.69) is 41.9 Å². The molecule has 0 spiro atoms. The van der Waals surface area contributed by atoms with E-state index in [0.29, 0.717) is 45.6 Å². The maximum absolute atomic E-state index is 12.8. The molecule has 6 rings (SSSR count). The van der Waals surface area contributed by atoms with Crippen molar-refractivity contribution in [2.75, 3.05) is 56.0 Å². The lowest BCUT2D eigenvalue weighted by molar-refractivity contribution is -0.123. The standard InChI is InChI=1S/C36H42ClN11O5/c1-38-30(50)9-6-21(19-49)32-33-28(47(5)44-32)16-25(17-40-33)48-12-10-24(11-13-48)45(3)36-41-18-26(37)34(43-36)42-23-7-8-27-22(14-23)15-29(35(52)46(27)4)53-20-31(51)39-2/h7-8,14-19,21,24H,6,9-13,20H2,1-5H3,(H,38,50)(H,39,51)(H,41,42,43). The number of carbonyl (C=O) groups excluding carboxylic acids is 3. The van der Waals surface area contributed by atoms with Crippen LogP contribution in [-0.4, -0.2) is 94.3 Å². The van der Waals surface area contributed by atoms with Gasteiger partial charge in [0, 0.05) is 71.9 Å². The number of nitrogens with one attached hydrogen (secondary N) is 3. The molecule has 0 aliphatic carbocycles. The van der Waals surface area contributed by atoms with Crippen LogP contribution in [0, 0.1) is 0 Å². The van der Waals surface area contributed by atoms with Gasteiger partial charge in [-0.2, -0.15) is 10.1 Å². The number of piperidine rings is 1. The lowest BCUT2D eigenvalue weighted by Gasteiger charge is -2.37. The average molecular weight is 744 g/mol. The Morgan fingerprint density at radius 2 is 1.81 bits per heavy atom. The van der Waals surface area contributed by atoms with Crippen LogP contribution in [0.1, 0.15) is 37.3 Å². The molecule has 0 bridgehead atoms. The Morgan fingerprint density at radius 3 is 2.53 bits per heavy atom. The number of rotatable bonds is 13. The highest BCUT2D eigenvalue weighted by molar-refractivity contribution is 6.33. The molecule has 1 aromatic carbocycles. The van der Waals surface area contributed by atoms with Gasteiger partial charge in [-0.3, -0.25) is 24.0 Å². The van der Waals surface area contributed by atoms with Crippen molar-refractivity contribution in [2.24, 2.45) is 14.1 Å². The monoisotopic (exact) mass is 743 g/mol. The van der Waals surface area contributed by atoms with Crippen molar-refractivity contribution in [3.63, 3.8) is 0 Å². The van der Waals surface area contributed by atoms with Gasteiger partial charge < -0.3 is 39.8 Å². The van der Waals surface area contributed by atoms with Crippen LogP contribution in [0.2, 0.25) is 5.02 Å². The molecule has 16 nitrogen and oxygen atoms in total. The van der Waals surface area contributed by atoms with Crippen molar-refractivity contribution in [3.8, 4) is 5.75 Å². The fourth-order valence-corrected chi connectivity index (χ4v) is 6.67. The first-order valence-electron chi connectivity index (χ1n) is 17.2. The van der Waals surface area contributed by atoms with Gasteiger partial charge in [-0.25, -0.2) is 4.98 Å².